The van der Waals surface area contributed by atoms with Crippen LogP contribution in [0.2, 0.25) is 0 Å². The lowest BCUT2D eigenvalue weighted by molar-refractivity contribution is 0.0766. The predicted molar refractivity (Wildman–Crippen MR) is 94.0 cm³/mol. The Labute approximate surface area is 151 Å². The van der Waals surface area contributed by atoms with Crippen LogP contribution < -0.4 is 0 Å². The van der Waals surface area contributed by atoms with Crippen LogP contribution in [0.25, 0.3) is 0 Å². The number of pyridine rings is 1. The van der Waals surface area contributed by atoms with Gasteiger partial charge in [0.05, 0.1) is 5.56 Å². The number of amides is 1. The van der Waals surface area contributed by atoms with Gasteiger partial charge in [-0.15, -0.1) is 0 Å². The molecule has 1 aromatic heterocycles. The fourth-order valence-corrected chi connectivity index (χ4v) is 4.30. The first kappa shape index (κ1) is 17.4. The van der Waals surface area contributed by atoms with Gasteiger partial charge in [-0.25, -0.2) is 8.78 Å². The molecule has 1 saturated heterocycles. The summed E-state index contributed by atoms with van der Waals surface area (Å²) in [6, 6.07) is 5.27. The van der Waals surface area contributed by atoms with Crippen LogP contribution in [0.3, 0.4) is 0 Å². The molecule has 1 aliphatic heterocycles. The maximum atomic E-state index is 14.0. The van der Waals surface area contributed by atoms with Crippen molar-refractivity contribution in [1.29, 1.82) is 0 Å². The number of halogens is 3. The van der Waals surface area contributed by atoms with Crippen molar-refractivity contribution in [2.45, 2.75) is 11.7 Å². The van der Waals surface area contributed by atoms with Crippen molar-refractivity contribution >= 4 is 33.6 Å². The Balaban J connectivity index is 1.73. The number of aromatic nitrogens is 1. The summed E-state index contributed by atoms with van der Waals surface area (Å²) in [6.45, 7) is 1.07. The molecule has 24 heavy (non-hydrogen) atoms. The van der Waals surface area contributed by atoms with E-state index in [4.69, 9.17) is 0 Å². The Morgan fingerprint density at radius 3 is 2.88 bits per heavy atom. The zero-order chi connectivity index (χ0) is 17.1. The van der Waals surface area contributed by atoms with E-state index in [9.17, 15) is 13.6 Å². The number of carbonyl (C=O) groups is 1. The fourth-order valence-electron chi connectivity index (χ4n) is 2.69. The van der Waals surface area contributed by atoms with Gasteiger partial charge >= 0.3 is 0 Å². The van der Waals surface area contributed by atoms with Gasteiger partial charge in [0.2, 0.25) is 0 Å². The zero-order valence-electron chi connectivity index (χ0n) is 12.7. The number of carbonyl (C=O) groups excluding carboxylic acids is 1. The summed E-state index contributed by atoms with van der Waals surface area (Å²) in [5, 5.41) is -0.154. The van der Waals surface area contributed by atoms with E-state index < -0.39 is 11.6 Å². The molecule has 0 bridgehead atoms. The van der Waals surface area contributed by atoms with Gasteiger partial charge < -0.3 is 4.90 Å². The fraction of sp³-hybridized carbons (Fsp3) is 0.294. The number of hydrogen-bond acceptors (Lipinski definition) is 3. The Morgan fingerprint density at radius 2 is 2.08 bits per heavy atom. The van der Waals surface area contributed by atoms with Crippen LogP contribution in [0.5, 0.6) is 0 Å². The van der Waals surface area contributed by atoms with Crippen molar-refractivity contribution < 1.29 is 13.6 Å². The minimum absolute atomic E-state index is 0.0928. The van der Waals surface area contributed by atoms with Crippen LogP contribution in [0.1, 0.15) is 27.6 Å². The molecule has 3 nitrogen and oxygen atoms in total. The van der Waals surface area contributed by atoms with Gasteiger partial charge in [-0.3, -0.25) is 9.78 Å². The molecular weight excluding hydrogens is 398 g/mol. The molecule has 1 aromatic carbocycles. The first-order valence-corrected chi connectivity index (χ1v) is 9.35. The van der Waals surface area contributed by atoms with Crippen LogP contribution >= 0.6 is 27.7 Å². The average Bonchev–Trinajstić information content (AvgIpc) is 2.82. The van der Waals surface area contributed by atoms with Crippen molar-refractivity contribution in [2.24, 2.45) is 0 Å². The maximum Gasteiger partial charge on any atom is 0.255 e. The van der Waals surface area contributed by atoms with E-state index in [1.165, 1.54) is 12.3 Å². The summed E-state index contributed by atoms with van der Waals surface area (Å²) in [6.07, 6.45) is 3.74. The molecule has 1 amide bonds. The first-order chi connectivity index (χ1) is 11.5. The largest absolute Gasteiger partial charge is 0.338 e. The Bertz CT molecular complexity index is 759. The van der Waals surface area contributed by atoms with E-state index in [0.717, 1.165) is 16.6 Å². The van der Waals surface area contributed by atoms with Crippen LogP contribution in [-0.4, -0.2) is 34.6 Å². The summed E-state index contributed by atoms with van der Waals surface area (Å²) in [4.78, 5) is 18.4. The van der Waals surface area contributed by atoms with Crippen molar-refractivity contribution in [3.05, 3.63) is 63.9 Å². The summed E-state index contributed by atoms with van der Waals surface area (Å²) in [7, 11) is 0. The van der Waals surface area contributed by atoms with Gasteiger partial charge in [-0.1, -0.05) is 0 Å². The topological polar surface area (TPSA) is 33.2 Å². The summed E-state index contributed by atoms with van der Waals surface area (Å²) in [5.74, 6) is -0.257. The smallest absolute Gasteiger partial charge is 0.255 e. The molecule has 0 radical (unpaired) electrons. The van der Waals surface area contributed by atoms with E-state index in [2.05, 4.69) is 20.9 Å². The van der Waals surface area contributed by atoms with E-state index in [0.29, 0.717) is 36.4 Å². The molecule has 3 rings (SSSR count). The van der Waals surface area contributed by atoms with E-state index in [1.807, 2.05) is 0 Å². The number of hydrogen-bond donors (Lipinski definition) is 0. The normalized spacial score (nSPS) is 18.3. The molecule has 7 heteroatoms. The van der Waals surface area contributed by atoms with Gasteiger partial charge in [0.1, 0.15) is 11.6 Å². The van der Waals surface area contributed by atoms with Gasteiger partial charge in [0, 0.05) is 46.5 Å². The second-order valence-corrected chi connectivity index (χ2v) is 7.72. The number of benzene rings is 1. The first-order valence-electron chi connectivity index (χ1n) is 7.51. The molecular formula is C17H15BrF2N2OS. The zero-order valence-corrected chi connectivity index (χ0v) is 15.1. The monoisotopic (exact) mass is 412 g/mol. The van der Waals surface area contributed by atoms with E-state index in [1.54, 1.807) is 28.9 Å². The highest BCUT2D eigenvalue weighted by atomic mass is 79.9. The van der Waals surface area contributed by atoms with Crippen LogP contribution in [0.15, 0.2) is 41.1 Å². The van der Waals surface area contributed by atoms with Crippen LogP contribution in [-0.2, 0) is 0 Å². The molecule has 1 aliphatic rings. The molecule has 2 aromatic rings. The summed E-state index contributed by atoms with van der Waals surface area (Å²) >= 11 is 4.86. The van der Waals surface area contributed by atoms with E-state index in [-0.39, 0.29) is 11.2 Å². The highest BCUT2D eigenvalue weighted by Gasteiger charge is 2.25. The number of rotatable bonds is 2. The third-order valence-corrected chi connectivity index (χ3v) is 5.63. The highest BCUT2D eigenvalue weighted by molar-refractivity contribution is 9.10. The second kappa shape index (κ2) is 7.61. The summed E-state index contributed by atoms with van der Waals surface area (Å²) < 4.78 is 28.1. The van der Waals surface area contributed by atoms with Crippen LogP contribution in [0, 0.1) is 11.6 Å². The van der Waals surface area contributed by atoms with Gasteiger partial charge in [0.15, 0.2) is 0 Å². The second-order valence-electron chi connectivity index (χ2n) is 5.50. The van der Waals surface area contributed by atoms with Gasteiger partial charge in [-0.2, -0.15) is 11.8 Å². The Kier molecular flexibility index (Phi) is 5.50. The van der Waals surface area contributed by atoms with Crippen molar-refractivity contribution in [3.8, 4) is 0 Å². The minimum atomic E-state index is -0.440. The highest BCUT2D eigenvalue weighted by Crippen LogP contribution is 2.36. The maximum absolute atomic E-state index is 14.0. The lowest BCUT2D eigenvalue weighted by atomic mass is 10.1. The lowest BCUT2D eigenvalue weighted by Crippen LogP contribution is -2.33. The molecule has 0 spiro atoms. The Hall–Kier alpha value is -1.47. The average molecular weight is 413 g/mol. The lowest BCUT2D eigenvalue weighted by Gasteiger charge is -2.20. The molecule has 1 fully saturated rings. The molecule has 2 heterocycles. The Morgan fingerprint density at radius 1 is 1.25 bits per heavy atom. The number of thioether (sulfide) groups is 1. The molecule has 0 saturated carbocycles. The van der Waals surface area contributed by atoms with Gasteiger partial charge in [0.25, 0.3) is 5.91 Å². The third kappa shape index (κ3) is 3.95. The quantitative estimate of drug-likeness (QED) is 0.730. The van der Waals surface area contributed by atoms with Gasteiger partial charge in [-0.05, 0) is 46.6 Å². The third-order valence-electron chi connectivity index (χ3n) is 3.89. The molecule has 1 atom stereocenters. The standard InChI is InChI=1S/C17H15BrF2N2OS/c18-12-7-11(9-21-10-12)17(23)22-4-3-16(24-6-5-22)14-8-13(19)1-2-15(14)20/h1-2,7-10,16H,3-6H2. The van der Waals surface area contributed by atoms with E-state index >= 15 is 0 Å². The summed E-state index contributed by atoms with van der Waals surface area (Å²) in [5.41, 5.74) is 0.892. The van der Waals surface area contributed by atoms with Crippen LogP contribution in [0.4, 0.5) is 8.78 Å². The molecule has 0 N–H and O–H groups in total. The number of nitrogens with zero attached hydrogens (tertiary/aromatic N) is 2. The van der Waals surface area contributed by atoms with Crippen molar-refractivity contribution in [1.82, 2.24) is 9.88 Å². The molecule has 1 unspecified atom stereocenters. The van der Waals surface area contributed by atoms with Crippen molar-refractivity contribution in [2.75, 3.05) is 18.8 Å². The van der Waals surface area contributed by atoms with Crippen molar-refractivity contribution in [3.63, 3.8) is 0 Å². The SMILES string of the molecule is O=C(c1cncc(Br)c1)N1CCSC(c2cc(F)ccc2F)CC1. The molecule has 126 valence electrons. The minimum Gasteiger partial charge on any atom is -0.338 e. The predicted octanol–water partition coefficient (Wildman–Crippen LogP) is 4.44. The molecule has 0 aliphatic carbocycles.